The lowest BCUT2D eigenvalue weighted by Gasteiger charge is -2.18. The number of ether oxygens (including phenoxy) is 1. The summed E-state index contributed by atoms with van der Waals surface area (Å²) < 4.78 is 33.8. The number of amides is 1. The second kappa shape index (κ2) is 10.2. The molecule has 1 amide bonds. The number of fused-ring (bicyclic) bond motifs is 1. The van der Waals surface area contributed by atoms with Gasteiger partial charge in [0.1, 0.15) is 5.75 Å². The SMILES string of the molecule is CC[C@@H](Oc1cccc2ccccc12)C(=O)Nc1ccc(S(=O)(=O)Nc2cccc(Cl)c2)cc1. The van der Waals surface area contributed by atoms with Crippen molar-refractivity contribution in [2.24, 2.45) is 0 Å². The fourth-order valence-electron chi connectivity index (χ4n) is 3.48. The van der Waals surface area contributed by atoms with E-state index >= 15 is 0 Å². The van der Waals surface area contributed by atoms with E-state index in [1.54, 1.807) is 18.2 Å². The van der Waals surface area contributed by atoms with E-state index in [4.69, 9.17) is 16.3 Å². The van der Waals surface area contributed by atoms with Crippen LogP contribution in [-0.4, -0.2) is 20.4 Å². The van der Waals surface area contributed by atoms with Crippen LogP contribution in [0.15, 0.2) is 95.9 Å². The number of carbonyl (C=O) groups excluding carboxylic acids is 1. The maximum Gasteiger partial charge on any atom is 0.265 e. The third-order valence-corrected chi connectivity index (χ3v) is 6.82. The molecule has 4 aromatic rings. The van der Waals surface area contributed by atoms with Crippen molar-refractivity contribution in [3.63, 3.8) is 0 Å². The average molecular weight is 495 g/mol. The Balaban J connectivity index is 1.45. The molecular formula is C26H23ClN2O4S. The normalized spacial score (nSPS) is 12.2. The highest BCUT2D eigenvalue weighted by molar-refractivity contribution is 7.92. The van der Waals surface area contributed by atoms with Crippen molar-refractivity contribution >= 4 is 49.7 Å². The topological polar surface area (TPSA) is 84.5 Å². The van der Waals surface area contributed by atoms with E-state index in [0.717, 1.165) is 10.8 Å². The minimum atomic E-state index is -3.80. The Morgan fingerprint density at radius 1 is 0.912 bits per heavy atom. The van der Waals surface area contributed by atoms with Gasteiger partial charge in [0.05, 0.1) is 10.6 Å². The quantitative estimate of drug-likeness (QED) is 0.310. The first kappa shape index (κ1) is 23.6. The van der Waals surface area contributed by atoms with Crippen LogP contribution < -0.4 is 14.8 Å². The number of benzene rings is 4. The fourth-order valence-corrected chi connectivity index (χ4v) is 4.72. The van der Waals surface area contributed by atoms with Crippen LogP contribution in [0, 0.1) is 0 Å². The van der Waals surface area contributed by atoms with Crippen LogP contribution >= 0.6 is 11.6 Å². The summed E-state index contributed by atoms with van der Waals surface area (Å²) in [7, 11) is -3.80. The monoisotopic (exact) mass is 494 g/mol. The van der Waals surface area contributed by atoms with Gasteiger partial charge >= 0.3 is 0 Å². The highest BCUT2D eigenvalue weighted by atomic mass is 35.5. The molecule has 1 atom stereocenters. The molecule has 0 spiro atoms. The van der Waals surface area contributed by atoms with Gasteiger partial charge in [0.2, 0.25) is 0 Å². The molecule has 0 saturated carbocycles. The Kier molecular flexibility index (Phi) is 7.05. The average Bonchev–Trinajstić information content (AvgIpc) is 2.82. The summed E-state index contributed by atoms with van der Waals surface area (Å²) in [5.41, 5.74) is 0.827. The molecule has 0 aromatic heterocycles. The van der Waals surface area contributed by atoms with Gasteiger partial charge in [0, 0.05) is 16.1 Å². The van der Waals surface area contributed by atoms with E-state index in [2.05, 4.69) is 10.0 Å². The molecule has 0 saturated heterocycles. The summed E-state index contributed by atoms with van der Waals surface area (Å²) in [6.45, 7) is 1.87. The number of anilines is 2. The van der Waals surface area contributed by atoms with Gasteiger partial charge in [-0.2, -0.15) is 0 Å². The van der Waals surface area contributed by atoms with E-state index < -0.39 is 16.1 Å². The Labute approximate surface area is 203 Å². The van der Waals surface area contributed by atoms with Crippen LogP contribution in [0.25, 0.3) is 10.8 Å². The molecule has 0 unspecified atom stereocenters. The Morgan fingerprint density at radius 3 is 2.35 bits per heavy atom. The van der Waals surface area contributed by atoms with Crippen LogP contribution in [0.1, 0.15) is 13.3 Å². The number of hydrogen-bond donors (Lipinski definition) is 2. The van der Waals surface area contributed by atoms with Gasteiger partial charge < -0.3 is 10.1 Å². The van der Waals surface area contributed by atoms with E-state index in [1.165, 1.54) is 30.3 Å². The molecule has 0 radical (unpaired) electrons. The van der Waals surface area contributed by atoms with Gasteiger partial charge in [-0.15, -0.1) is 0 Å². The summed E-state index contributed by atoms with van der Waals surface area (Å²) in [6.07, 6.45) is -0.246. The summed E-state index contributed by atoms with van der Waals surface area (Å²) >= 11 is 5.92. The van der Waals surface area contributed by atoms with Crippen molar-refractivity contribution in [2.75, 3.05) is 10.0 Å². The van der Waals surface area contributed by atoms with Crippen molar-refractivity contribution < 1.29 is 17.9 Å². The van der Waals surface area contributed by atoms with Crippen LogP contribution in [0.5, 0.6) is 5.75 Å². The zero-order valence-corrected chi connectivity index (χ0v) is 19.9. The molecule has 4 rings (SSSR count). The maximum atomic E-state index is 12.9. The van der Waals surface area contributed by atoms with E-state index in [9.17, 15) is 13.2 Å². The Bertz CT molecular complexity index is 1420. The zero-order valence-electron chi connectivity index (χ0n) is 18.4. The third-order valence-electron chi connectivity index (χ3n) is 5.19. The second-order valence-electron chi connectivity index (χ2n) is 7.62. The lowest BCUT2D eigenvalue weighted by molar-refractivity contribution is -0.122. The molecule has 0 aliphatic rings. The van der Waals surface area contributed by atoms with Gasteiger partial charge in [0.25, 0.3) is 15.9 Å². The van der Waals surface area contributed by atoms with Gasteiger partial charge in [-0.3, -0.25) is 9.52 Å². The van der Waals surface area contributed by atoms with Gasteiger partial charge in [-0.05, 0) is 60.3 Å². The smallest absolute Gasteiger partial charge is 0.265 e. The van der Waals surface area contributed by atoms with Crippen molar-refractivity contribution in [3.8, 4) is 5.75 Å². The number of halogens is 1. The highest BCUT2D eigenvalue weighted by Gasteiger charge is 2.20. The lowest BCUT2D eigenvalue weighted by Crippen LogP contribution is -2.32. The van der Waals surface area contributed by atoms with Crippen LogP contribution in [0.2, 0.25) is 5.02 Å². The molecule has 174 valence electrons. The molecule has 0 heterocycles. The molecule has 4 aromatic carbocycles. The lowest BCUT2D eigenvalue weighted by atomic mass is 10.1. The third kappa shape index (κ3) is 5.50. The fraction of sp³-hybridized carbons (Fsp3) is 0.115. The first-order valence-electron chi connectivity index (χ1n) is 10.7. The predicted molar refractivity (Wildman–Crippen MR) is 136 cm³/mol. The summed E-state index contributed by atoms with van der Waals surface area (Å²) in [4.78, 5) is 12.9. The number of hydrogen-bond acceptors (Lipinski definition) is 4. The van der Waals surface area contributed by atoms with Gasteiger partial charge in [-0.25, -0.2) is 8.42 Å². The zero-order chi connectivity index (χ0) is 24.1. The van der Waals surface area contributed by atoms with Crippen LogP contribution in [0.3, 0.4) is 0 Å². The first-order chi connectivity index (χ1) is 16.4. The standard InChI is InChI=1S/C26H23ClN2O4S/c1-2-24(33-25-12-5-8-18-7-3-4-11-23(18)25)26(30)28-20-13-15-22(16-14-20)34(31,32)29-21-10-6-9-19(27)17-21/h3-17,24,29H,2H2,1H3,(H,28,30)/t24-/m1/s1. The number of sulfonamides is 1. The maximum absolute atomic E-state index is 12.9. The summed E-state index contributed by atoms with van der Waals surface area (Å²) in [5.74, 6) is 0.316. The predicted octanol–water partition coefficient (Wildman–Crippen LogP) is 6.09. The first-order valence-corrected chi connectivity index (χ1v) is 12.6. The van der Waals surface area contributed by atoms with Crippen molar-refractivity contribution in [2.45, 2.75) is 24.3 Å². The Hall–Kier alpha value is -3.55. The molecule has 0 aliphatic heterocycles. The number of carbonyl (C=O) groups is 1. The molecule has 0 fully saturated rings. The van der Waals surface area contributed by atoms with Gasteiger partial charge in [-0.1, -0.05) is 61.0 Å². The Morgan fingerprint density at radius 2 is 1.62 bits per heavy atom. The molecule has 0 bridgehead atoms. The largest absolute Gasteiger partial charge is 0.480 e. The second-order valence-corrected chi connectivity index (χ2v) is 9.74. The minimum absolute atomic E-state index is 0.0597. The van der Waals surface area contributed by atoms with Gasteiger partial charge in [0.15, 0.2) is 6.10 Å². The highest BCUT2D eigenvalue weighted by Crippen LogP contribution is 2.27. The van der Waals surface area contributed by atoms with Crippen molar-refractivity contribution in [1.29, 1.82) is 0 Å². The van der Waals surface area contributed by atoms with E-state index in [0.29, 0.717) is 28.6 Å². The van der Waals surface area contributed by atoms with Crippen molar-refractivity contribution in [1.82, 2.24) is 0 Å². The molecule has 8 heteroatoms. The number of rotatable bonds is 8. The van der Waals surface area contributed by atoms with E-state index in [-0.39, 0.29) is 10.8 Å². The molecule has 34 heavy (non-hydrogen) atoms. The van der Waals surface area contributed by atoms with Crippen LogP contribution in [-0.2, 0) is 14.8 Å². The van der Waals surface area contributed by atoms with Crippen LogP contribution in [0.4, 0.5) is 11.4 Å². The summed E-state index contributed by atoms with van der Waals surface area (Å²) in [5, 5.41) is 5.18. The van der Waals surface area contributed by atoms with E-state index in [1.807, 2.05) is 49.4 Å². The molecular weight excluding hydrogens is 472 g/mol. The summed E-state index contributed by atoms with van der Waals surface area (Å²) in [6, 6.07) is 25.9. The molecule has 2 N–H and O–H groups in total. The molecule has 6 nitrogen and oxygen atoms in total. The van der Waals surface area contributed by atoms with Crippen molar-refractivity contribution in [3.05, 3.63) is 96.0 Å². The number of nitrogens with one attached hydrogen (secondary N) is 2. The minimum Gasteiger partial charge on any atom is -0.480 e. The molecule has 0 aliphatic carbocycles.